The first-order valence-electron chi connectivity index (χ1n) is 12.6. The maximum atomic E-state index is 15.9. The molecule has 2 radical (unpaired) electrons. The molecule has 0 amide bonds. The zero-order chi connectivity index (χ0) is 28.4. The molecule has 40 heavy (non-hydrogen) atoms. The first-order valence-corrected chi connectivity index (χ1v) is 15.5. The van der Waals surface area contributed by atoms with E-state index in [-0.39, 0.29) is 22.0 Å². The fraction of sp³-hybridized carbons (Fsp3) is 0.296. The van der Waals surface area contributed by atoms with Crippen LogP contribution in [0, 0.1) is 5.82 Å². The Hall–Kier alpha value is -2.98. The monoisotopic (exact) mass is 645 g/mol. The maximum absolute atomic E-state index is 15.9. The average molecular weight is 646 g/mol. The Labute approximate surface area is 245 Å². The SMILES string of the molecule is CCCS(=O)(=O)Nc1ccc(Cl)c(-c2cc(OC)c3nc(-c4ccc([As])nc4)nc(N4CCOCC4)c3c2)c1F. The minimum absolute atomic E-state index is 0.0384. The Morgan fingerprint density at radius 2 is 1.93 bits per heavy atom. The number of methoxy groups -OCH3 is 1. The molecule has 1 fully saturated rings. The molecule has 1 saturated heterocycles. The van der Waals surface area contributed by atoms with E-state index in [1.807, 2.05) is 12.1 Å². The van der Waals surface area contributed by atoms with E-state index >= 15 is 4.39 Å². The van der Waals surface area contributed by atoms with Gasteiger partial charge in [0, 0.05) is 0 Å². The zero-order valence-electron chi connectivity index (χ0n) is 21.8. The number of hydrogen-bond acceptors (Lipinski definition) is 8. The Kier molecular flexibility index (Phi) is 8.47. The molecule has 2 aromatic carbocycles. The number of sulfonamides is 1. The standard InChI is InChI=1S/C27H26AsClFN5O4S/c1-3-12-40(36,37)34-20-6-5-19(29)23(24(20)30)17-13-18-25(21(14-17)38-2)32-26(16-4-7-22(28)31-15-16)33-27(18)35-8-10-39-11-9-35/h4-7,13-15,34H,3,8-12H2,1-2H3. The van der Waals surface area contributed by atoms with Gasteiger partial charge in [0.1, 0.15) is 0 Å². The fourth-order valence-electron chi connectivity index (χ4n) is 4.53. The number of anilines is 2. The summed E-state index contributed by atoms with van der Waals surface area (Å²) in [4.78, 5) is 16.2. The fourth-order valence-corrected chi connectivity index (χ4v) is 6.20. The van der Waals surface area contributed by atoms with Crippen LogP contribution in [-0.4, -0.2) is 79.4 Å². The molecule has 1 aliphatic rings. The van der Waals surface area contributed by atoms with Crippen molar-refractivity contribution in [1.82, 2.24) is 15.0 Å². The van der Waals surface area contributed by atoms with Gasteiger partial charge in [0.05, 0.1) is 11.4 Å². The number of nitrogens with one attached hydrogen (secondary N) is 1. The van der Waals surface area contributed by atoms with E-state index in [1.54, 1.807) is 25.3 Å². The van der Waals surface area contributed by atoms with Crippen molar-refractivity contribution in [2.45, 2.75) is 13.3 Å². The van der Waals surface area contributed by atoms with Gasteiger partial charge in [-0.2, -0.15) is 0 Å². The molecule has 3 heterocycles. The van der Waals surface area contributed by atoms with Crippen LogP contribution in [0.15, 0.2) is 42.6 Å². The third kappa shape index (κ3) is 5.88. The van der Waals surface area contributed by atoms with Crippen molar-refractivity contribution in [2.75, 3.05) is 48.8 Å². The van der Waals surface area contributed by atoms with E-state index in [0.717, 1.165) is 10.0 Å². The van der Waals surface area contributed by atoms with Gasteiger partial charge < -0.3 is 0 Å². The van der Waals surface area contributed by atoms with Crippen LogP contribution in [0.3, 0.4) is 0 Å². The second kappa shape index (κ2) is 11.9. The van der Waals surface area contributed by atoms with Crippen molar-refractivity contribution in [2.24, 2.45) is 0 Å². The number of ether oxygens (including phenoxy) is 2. The second-order valence-electron chi connectivity index (χ2n) is 9.15. The van der Waals surface area contributed by atoms with E-state index in [9.17, 15) is 8.42 Å². The van der Waals surface area contributed by atoms with E-state index in [0.29, 0.717) is 66.6 Å². The zero-order valence-corrected chi connectivity index (χ0v) is 25.3. The first-order chi connectivity index (χ1) is 19.2. The number of halogens is 2. The van der Waals surface area contributed by atoms with Crippen molar-refractivity contribution in [1.29, 1.82) is 0 Å². The smallest absolute Gasteiger partial charge is 0.204 e. The normalized spacial score (nSPS) is 14.0. The van der Waals surface area contributed by atoms with Gasteiger partial charge in [-0.25, -0.2) is 12.8 Å². The first kappa shape index (κ1) is 28.5. The van der Waals surface area contributed by atoms with Crippen LogP contribution in [0.1, 0.15) is 13.3 Å². The molecule has 0 bridgehead atoms. The molecule has 5 rings (SSSR count). The summed E-state index contributed by atoms with van der Waals surface area (Å²) in [5.41, 5.74) is 1.52. The number of nitrogens with zero attached hydrogens (tertiary/aromatic N) is 4. The quantitative estimate of drug-likeness (QED) is 0.288. The van der Waals surface area contributed by atoms with Gasteiger partial charge in [0.15, 0.2) is 0 Å². The Bertz CT molecular complexity index is 1670. The molecule has 1 aliphatic heterocycles. The third-order valence-corrected chi connectivity index (χ3v) is 8.75. The van der Waals surface area contributed by atoms with Crippen LogP contribution >= 0.6 is 11.6 Å². The molecular weight excluding hydrogens is 620 g/mol. The molecule has 13 heteroatoms. The van der Waals surface area contributed by atoms with E-state index in [4.69, 9.17) is 31.0 Å². The van der Waals surface area contributed by atoms with E-state index in [2.05, 4.69) is 31.5 Å². The number of hydrogen-bond donors (Lipinski definition) is 1. The van der Waals surface area contributed by atoms with Crippen LogP contribution in [0.25, 0.3) is 33.4 Å². The van der Waals surface area contributed by atoms with Crippen LogP contribution in [0.4, 0.5) is 15.9 Å². The Morgan fingerprint density at radius 3 is 2.60 bits per heavy atom. The van der Waals surface area contributed by atoms with Gasteiger partial charge in [0.25, 0.3) is 0 Å². The molecular formula is C27H26AsClFN5O4S. The summed E-state index contributed by atoms with van der Waals surface area (Å²) in [5, 5.41) is 0.746. The van der Waals surface area contributed by atoms with Crippen LogP contribution < -0.4 is 18.8 Å². The Morgan fingerprint density at radius 1 is 1.15 bits per heavy atom. The predicted molar refractivity (Wildman–Crippen MR) is 156 cm³/mol. The van der Waals surface area contributed by atoms with Gasteiger partial charge in [-0.05, 0) is 18.6 Å². The van der Waals surface area contributed by atoms with E-state index in [1.165, 1.54) is 19.2 Å². The molecule has 0 saturated carbocycles. The molecule has 208 valence electrons. The number of fused-ring (bicyclic) bond motifs is 1. The summed E-state index contributed by atoms with van der Waals surface area (Å²) >= 11 is 8.89. The van der Waals surface area contributed by atoms with Crippen molar-refractivity contribution in [3.8, 4) is 28.3 Å². The summed E-state index contributed by atoms with van der Waals surface area (Å²) in [6, 6.07) is 9.94. The molecule has 9 nitrogen and oxygen atoms in total. The molecule has 2 aromatic heterocycles. The van der Waals surface area contributed by atoms with Gasteiger partial charge in [-0.1, -0.05) is 18.5 Å². The van der Waals surface area contributed by atoms with Crippen LogP contribution in [0.5, 0.6) is 5.75 Å². The summed E-state index contributed by atoms with van der Waals surface area (Å²) in [7, 11) is -2.22. The van der Waals surface area contributed by atoms with Crippen LogP contribution in [0.2, 0.25) is 5.02 Å². The molecule has 4 aromatic rings. The van der Waals surface area contributed by atoms with Gasteiger partial charge in [0.2, 0.25) is 10.0 Å². The van der Waals surface area contributed by atoms with Crippen molar-refractivity contribution in [3.63, 3.8) is 0 Å². The number of rotatable bonds is 8. The topological polar surface area (TPSA) is 107 Å². The molecule has 1 N–H and O–H groups in total. The molecule has 0 spiro atoms. The molecule has 0 aliphatic carbocycles. The van der Waals surface area contributed by atoms with Gasteiger partial charge >= 0.3 is 170 Å². The van der Waals surface area contributed by atoms with Crippen LogP contribution in [-0.2, 0) is 14.8 Å². The van der Waals surface area contributed by atoms with Crippen molar-refractivity contribution < 1.29 is 22.3 Å². The van der Waals surface area contributed by atoms with E-state index < -0.39 is 15.8 Å². The van der Waals surface area contributed by atoms with Crippen molar-refractivity contribution in [3.05, 3.63) is 53.4 Å². The number of benzene rings is 2. The van der Waals surface area contributed by atoms with Crippen molar-refractivity contribution >= 4 is 65.4 Å². The summed E-state index contributed by atoms with van der Waals surface area (Å²) < 4.78 is 55.1. The van der Waals surface area contributed by atoms with Gasteiger partial charge in [-0.15, -0.1) is 0 Å². The summed E-state index contributed by atoms with van der Waals surface area (Å²) in [5.74, 6) is 0.567. The average Bonchev–Trinajstić information content (AvgIpc) is 2.94. The molecule has 0 atom stereocenters. The Balaban J connectivity index is 1.73. The predicted octanol–water partition coefficient (Wildman–Crippen LogP) is 3.94. The number of aromatic nitrogens is 3. The molecule has 0 unspecified atom stereocenters. The summed E-state index contributed by atoms with van der Waals surface area (Å²) in [6.45, 7) is 4.00. The minimum atomic E-state index is -3.72. The van der Waals surface area contributed by atoms with Gasteiger partial charge in [-0.3, -0.25) is 4.72 Å². The minimum Gasteiger partial charge on any atom is -0.204 e. The third-order valence-electron chi connectivity index (χ3n) is 6.40. The number of pyridine rings is 1. The second-order valence-corrected chi connectivity index (χ2v) is 12.4. The summed E-state index contributed by atoms with van der Waals surface area (Å²) in [6.07, 6.45) is 2.10. The number of morpholine rings is 1.